The molecule has 28 heavy (non-hydrogen) atoms. The van der Waals surface area contributed by atoms with Gasteiger partial charge in [0.2, 0.25) is 0 Å². The highest BCUT2D eigenvalue weighted by molar-refractivity contribution is 7.85. The van der Waals surface area contributed by atoms with Crippen LogP contribution < -0.4 is 10.6 Å². The van der Waals surface area contributed by atoms with E-state index in [1.807, 2.05) is 26.8 Å². The maximum atomic E-state index is 13.4. The van der Waals surface area contributed by atoms with Crippen molar-refractivity contribution in [2.24, 2.45) is 5.73 Å². The smallest absolute Gasteiger partial charge is 0.410 e. The fraction of sp³-hybridized carbons (Fsp3) is 0.632. The molecule has 1 aromatic rings. The first-order chi connectivity index (χ1) is 12.8. The van der Waals surface area contributed by atoms with Crippen molar-refractivity contribution in [1.29, 1.82) is 0 Å². The van der Waals surface area contributed by atoms with Gasteiger partial charge in [-0.05, 0) is 62.9 Å². The molecule has 158 valence electrons. The van der Waals surface area contributed by atoms with Gasteiger partial charge in [-0.1, -0.05) is 0 Å². The summed E-state index contributed by atoms with van der Waals surface area (Å²) in [6.07, 6.45) is -0.348. The maximum Gasteiger partial charge on any atom is 0.410 e. The Bertz CT molecular complexity index is 842. The lowest BCUT2D eigenvalue weighted by atomic mass is 9.96. The van der Waals surface area contributed by atoms with Crippen LogP contribution in [0.25, 0.3) is 0 Å². The van der Waals surface area contributed by atoms with Crippen LogP contribution in [0.3, 0.4) is 0 Å². The largest absolute Gasteiger partial charge is 0.444 e. The van der Waals surface area contributed by atoms with Gasteiger partial charge < -0.3 is 20.3 Å². The van der Waals surface area contributed by atoms with Crippen LogP contribution in [-0.4, -0.2) is 51.2 Å². The SMILES string of the molecule is Cc1c(CN)cc(N2CCN(C(=O)OC(C)(C)C)CC2)c(C)c1CS(=O)(=O)F. The molecule has 1 aliphatic heterocycles. The molecule has 1 fully saturated rings. The number of halogens is 1. The first-order valence-electron chi connectivity index (χ1n) is 9.29. The van der Waals surface area contributed by atoms with Crippen LogP contribution >= 0.6 is 0 Å². The molecule has 0 bridgehead atoms. The second kappa shape index (κ2) is 8.24. The van der Waals surface area contributed by atoms with Crippen molar-refractivity contribution in [2.75, 3.05) is 31.1 Å². The Kier molecular flexibility index (Phi) is 6.60. The lowest BCUT2D eigenvalue weighted by molar-refractivity contribution is 0.0240. The quantitative estimate of drug-likeness (QED) is 0.760. The van der Waals surface area contributed by atoms with E-state index in [0.717, 1.165) is 16.8 Å². The third-order valence-electron chi connectivity index (χ3n) is 4.89. The molecule has 2 N–H and O–H groups in total. The number of nitrogens with two attached hydrogens (primary N) is 1. The molecule has 0 radical (unpaired) electrons. The van der Waals surface area contributed by atoms with Gasteiger partial charge in [0.05, 0.1) is 0 Å². The molecular weight excluding hydrogens is 385 g/mol. The van der Waals surface area contributed by atoms with Gasteiger partial charge in [-0.25, -0.2) is 4.79 Å². The van der Waals surface area contributed by atoms with E-state index in [1.54, 1.807) is 18.7 Å². The van der Waals surface area contributed by atoms with Gasteiger partial charge >= 0.3 is 16.3 Å². The molecule has 7 nitrogen and oxygen atoms in total. The normalized spacial score (nSPS) is 15.7. The molecule has 0 aromatic heterocycles. The summed E-state index contributed by atoms with van der Waals surface area (Å²) in [6.45, 7) is 11.4. The third kappa shape index (κ3) is 5.57. The van der Waals surface area contributed by atoms with E-state index >= 15 is 0 Å². The Morgan fingerprint density at radius 1 is 1.18 bits per heavy atom. The number of hydrogen-bond donors (Lipinski definition) is 1. The van der Waals surface area contributed by atoms with Gasteiger partial charge in [0.25, 0.3) is 0 Å². The van der Waals surface area contributed by atoms with Crippen LogP contribution in [0.1, 0.15) is 43.0 Å². The number of amides is 1. The number of hydrogen-bond acceptors (Lipinski definition) is 6. The van der Waals surface area contributed by atoms with E-state index in [1.165, 1.54) is 0 Å². The van der Waals surface area contributed by atoms with Crippen molar-refractivity contribution in [3.8, 4) is 0 Å². The highest BCUT2D eigenvalue weighted by Gasteiger charge is 2.27. The summed E-state index contributed by atoms with van der Waals surface area (Å²) in [7, 11) is -4.66. The lowest BCUT2D eigenvalue weighted by Crippen LogP contribution is -2.50. The van der Waals surface area contributed by atoms with Crippen molar-refractivity contribution in [2.45, 2.75) is 52.5 Å². The molecule has 1 aromatic carbocycles. The fourth-order valence-electron chi connectivity index (χ4n) is 3.40. The molecule has 0 spiro atoms. The number of rotatable bonds is 4. The molecule has 0 saturated carbocycles. The summed E-state index contributed by atoms with van der Waals surface area (Å²) in [4.78, 5) is 16.0. The average molecular weight is 416 g/mol. The van der Waals surface area contributed by atoms with E-state index in [4.69, 9.17) is 10.5 Å². The van der Waals surface area contributed by atoms with Crippen LogP contribution in [0.4, 0.5) is 14.4 Å². The summed E-state index contributed by atoms with van der Waals surface area (Å²) in [5.41, 5.74) is 8.77. The molecule has 0 aliphatic carbocycles. The molecule has 1 aliphatic rings. The molecule has 0 atom stereocenters. The first-order valence-corrected chi connectivity index (χ1v) is 10.8. The minimum absolute atomic E-state index is 0.232. The zero-order valence-electron chi connectivity index (χ0n) is 17.2. The van der Waals surface area contributed by atoms with Gasteiger partial charge in [0.15, 0.2) is 0 Å². The van der Waals surface area contributed by atoms with Crippen molar-refractivity contribution >= 4 is 22.0 Å². The van der Waals surface area contributed by atoms with E-state index in [2.05, 4.69) is 4.90 Å². The van der Waals surface area contributed by atoms with Gasteiger partial charge in [0.1, 0.15) is 11.4 Å². The zero-order valence-corrected chi connectivity index (χ0v) is 18.0. The van der Waals surface area contributed by atoms with Gasteiger partial charge in [-0.3, -0.25) is 0 Å². The molecule has 9 heteroatoms. The Balaban J connectivity index is 2.25. The molecule has 1 heterocycles. The van der Waals surface area contributed by atoms with Gasteiger partial charge in [-0.15, -0.1) is 3.89 Å². The van der Waals surface area contributed by atoms with Crippen LogP contribution in [0, 0.1) is 13.8 Å². The van der Waals surface area contributed by atoms with E-state index in [0.29, 0.717) is 37.3 Å². The maximum absolute atomic E-state index is 13.4. The number of carbonyl (C=O) groups excluding carboxylic acids is 1. The van der Waals surface area contributed by atoms with Crippen LogP contribution in [-0.2, 0) is 27.3 Å². The number of nitrogens with zero attached hydrogens (tertiary/aromatic N) is 2. The average Bonchev–Trinajstić information content (AvgIpc) is 2.57. The summed E-state index contributed by atoms with van der Waals surface area (Å²) >= 11 is 0. The molecule has 1 amide bonds. The van der Waals surface area contributed by atoms with E-state index in [9.17, 15) is 17.1 Å². The minimum atomic E-state index is -4.66. The fourth-order valence-corrected chi connectivity index (χ4v) is 4.17. The Hall–Kier alpha value is -1.87. The summed E-state index contributed by atoms with van der Waals surface area (Å²) in [6, 6.07) is 1.93. The van der Waals surface area contributed by atoms with E-state index < -0.39 is 21.6 Å². The summed E-state index contributed by atoms with van der Waals surface area (Å²) < 4.78 is 41.3. The summed E-state index contributed by atoms with van der Waals surface area (Å²) in [5, 5.41) is 0. The Morgan fingerprint density at radius 2 is 1.75 bits per heavy atom. The topological polar surface area (TPSA) is 92.9 Å². The Morgan fingerprint density at radius 3 is 2.21 bits per heavy atom. The number of anilines is 1. The second-order valence-corrected chi connectivity index (χ2v) is 9.49. The van der Waals surface area contributed by atoms with Gasteiger partial charge in [-0.2, -0.15) is 8.42 Å². The predicted molar refractivity (Wildman–Crippen MR) is 108 cm³/mol. The monoisotopic (exact) mass is 415 g/mol. The van der Waals surface area contributed by atoms with Crippen molar-refractivity contribution in [1.82, 2.24) is 4.90 Å². The van der Waals surface area contributed by atoms with Crippen LogP contribution in [0.2, 0.25) is 0 Å². The molecule has 1 saturated heterocycles. The number of piperazine rings is 1. The van der Waals surface area contributed by atoms with E-state index in [-0.39, 0.29) is 12.6 Å². The minimum Gasteiger partial charge on any atom is -0.444 e. The van der Waals surface area contributed by atoms with Crippen LogP contribution in [0.15, 0.2) is 6.07 Å². The third-order valence-corrected chi connectivity index (χ3v) is 5.52. The first kappa shape index (κ1) is 22.4. The highest BCUT2D eigenvalue weighted by atomic mass is 32.3. The van der Waals surface area contributed by atoms with Crippen molar-refractivity contribution in [3.63, 3.8) is 0 Å². The molecular formula is C19H30FN3O4S. The lowest BCUT2D eigenvalue weighted by Gasteiger charge is -2.38. The Labute approximate surface area is 166 Å². The van der Waals surface area contributed by atoms with Crippen LogP contribution in [0.5, 0.6) is 0 Å². The zero-order chi connectivity index (χ0) is 21.3. The molecule has 2 rings (SSSR count). The number of carbonyl (C=O) groups is 1. The molecule has 0 unspecified atom stereocenters. The predicted octanol–water partition coefficient (Wildman–Crippen LogP) is 2.62. The van der Waals surface area contributed by atoms with Crippen molar-refractivity contribution in [3.05, 3.63) is 28.3 Å². The standard InChI is InChI=1S/C19H30FN3O4S/c1-13-15(11-21)10-17(14(2)16(13)12-28(20,25)26)22-6-8-23(9-7-22)18(24)27-19(3,4)5/h10H,6-9,11-12,21H2,1-5H3. The highest BCUT2D eigenvalue weighted by Crippen LogP contribution is 2.31. The van der Waals surface area contributed by atoms with Crippen molar-refractivity contribution < 1.29 is 21.8 Å². The number of ether oxygens (including phenoxy) is 1. The second-order valence-electron chi connectivity index (χ2n) is 8.13. The van der Waals surface area contributed by atoms with Gasteiger partial charge in [0, 0.05) is 38.4 Å². The number of benzene rings is 1. The summed E-state index contributed by atoms with van der Waals surface area (Å²) in [5.74, 6) is -0.663.